The molecule has 0 radical (unpaired) electrons. The first-order valence-electron chi connectivity index (χ1n) is 7.43. The third-order valence-corrected chi connectivity index (χ3v) is 4.42. The van der Waals surface area contributed by atoms with Gasteiger partial charge in [0, 0.05) is 32.2 Å². The van der Waals surface area contributed by atoms with Gasteiger partial charge in [-0.1, -0.05) is 19.8 Å². The van der Waals surface area contributed by atoms with Gasteiger partial charge in [0.05, 0.1) is 0 Å². The summed E-state index contributed by atoms with van der Waals surface area (Å²) in [6, 6.07) is 0.844. The van der Waals surface area contributed by atoms with Crippen molar-refractivity contribution < 1.29 is 4.79 Å². The number of nitrogens with zero attached hydrogens (tertiary/aromatic N) is 2. The van der Waals surface area contributed by atoms with Crippen molar-refractivity contribution in [3.63, 3.8) is 0 Å². The first kappa shape index (κ1) is 13.7. The highest BCUT2D eigenvalue weighted by molar-refractivity contribution is 5.74. The Kier molecular flexibility index (Phi) is 4.87. The van der Waals surface area contributed by atoms with Crippen LogP contribution in [0.1, 0.15) is 39.0 Å². The summed E-state index contributed by atoms with van der Waals surface area (Å²) in [5, 5.41) is 3.35. The quantitative estimate of drug-likeness (QED) is 0.775. The molecule has 2 heterocycles. The summed E-state index contributed by atoms with van der Waals surface area (Å²) in [5.41, 5.74) is 0. The molecule has 0 saturated carbocycles. The average molecular weight is 253 g/mol. The molecule has 2 aliphatic heterocycles. The highest BCUT2D eigenvalue weighted by atomic mass is 16.2. The zero-order chi connectivity index (χ0) is 13.0. The normalized spacial score (nSPS) is 30.1. The second-order valence-corrected chi connectivity index (χ2v) is 5.79. The van der Waals surface area contributed by atoms with Gasteiger partial charge in [0.25, 0.3) is 0 Å². The SMILES string of the molecule is CNC1CCN(C(=O)N2CCCCCC2)CC1C. The van der Waals surface area contributed by atoms with Crippen molar-refractivity contribution in [1.82, 2.24) is 15.1 Å². The van der Waals surface area contributed by atoms with E-state index in [1.165, 1.54) is 25.7 Å². The van der Waals surface area contributed by atoms with E-state index in [9.17, 15) is 4.79 Å². The van der Waals surface area contributed by atoms with E-state index >= 15 is 0 Å². The Bertz CT molecular complexity index is 274. The van der Waals surface area contributed by atoms with Gasteiger partial charge in [-0.25, -0.2) is 4.79 Å². The number of carbonyl (C=O) groups is 1. The molecule has 2 rings (SSSR count). The van der Waals surface area contributed by atoms with E-state index in [-0.39, 0.29) is 6.03 Å². The van der Waals surface area contributed by atoms with Crippen LogP contribution < -0.4 is 5.32 Å². The Morgan fingerprint density at radius 2 is 1.72 bits per heavy atom. The number of amides is 2. The predicted molar refractivity (Wildman–Crippen MR) is 73.6 cm³/mol. The number of likely N-dealkylation sites (tertiary alicyclic amines) is 2. The fraction of sp³-hybridized carbons (Fsp3) is 0.929. The summed E-state index contributed by atoms with van der Waals surface area (Å²) in [6.07, 6.45) is 5.99. The summed E-state index contributed by atoms with van der Waals surface area (Å²) >= 11 is 0. The molecule has 0 aliphatic carbocycles. The second kappa shape index (κ2) is 6.41. The lowest BCUT2D eigenvalue weighted by Crippen LogP contribution is -2.53. The molecule has 1 N–H and O–H groups in total. The van der Waals surface area contributed by atoms with Crippen LogP contribution in [0.2, 0.25) is 0 Å². The summed E-state index contributed by atoms with van der Waals surface area (Å²) in [5.74, 6) is 0.555. The van der Waals surface area contributed by atoms with Crippen LogP contribution >= 0.6 is 0 Å². The van der Waals surface area contributed by atoms with Crippen molar-refractivity contribution in [2.24, 2.45) is 5.92 Å². The molecule has 2 amide bonds. The number of hydrogen-bond acceptors (Lipinski definition) is 2. The van der Waals surface area contributed by atoms with E-state index in [2.05, 4.69) is 22.0 Å². The second-order valence-electron chi connectivity index (χ2n) is 5.79. The van der Waals surface area contributed by atoms with Crippen LogP contribution in [-0.2, 0) is 0 Å². The molecule has 0 aromatic carbocycles. The molecule has 2 unspecified atom stereocenters. The van der Waals surface area contributed by atoms with Crippen LogP contribution in [-0.4, -0.2) is 55.1 Å². The lowest BCUT2D eigenvalue weighted by Gasteiger charge is -2.39. The monoisotopic (exact) mass is 253 g/mol. The number of nitrogens with one attached hydrogen (secondary N) is 1. The summed E-state index contributed by atoms with van der Waals surface area (Å²) in [4.78, 5) is 16.6. The minimum atomic E-state index is 0.276. The Labute approximate surface area is 111 Å². The largest absolute Gasteiger partial charge is 0.325 e. The highest BCUT2D eigenvalue weighted by Crippen LogP contribution is 2.19. The third kappa shape index (κ3) is 3.16. The van der Waals surface area contributed by atoms with Crippen molar-refractivity contribution in [2.45, 2.75) is 45.1 Å². The minimum Gasteiger partial charge on any atom is -0.325 e. The molecular formula is C14H27N3O. The van der Waals surface area contributed by atoms with Gasteiger partial charge in [0.2, 0.25) is 0 Å². The van der Waals surface area contributed by atoms with Gasteiger partial charge in [0.1, 0.15) is 0 Å². The van der Waals surface area contributed by atoms with Crippen LogP contribution in [0.15, 0.2) is 0 Å². The third-order valence-electron chi connectivity index (χ3n) is 4.42. The Hall–Kier alpha value is -0.770. The molecular weight excluding hydrogens is 226 g/mol. The van der Waals surface area contributed by atoms with Gasteiger partial charge in [0.15, 0.2) is 0 Å². The van der Waals surface area contributed by atoms with Gasteiger partial charge < -0.3 is 15.1 Å². The Morgan fingerprint density at radius 3 is 2.28 bits per heavy atom. The van der Waals surface area contributed by atoms with E-state index in [0.717, 1.165) is 32.6 Å². The van der Waals surface area contributed by atoms with E-state index in [0.29, 0.717) is 12.0 Å². The maximum absolute atomic E-state index is 12.5. The van der Waals surface area contributed by atoms with Crippen molar-refractivity contribution in [2.75, 3.05) is 33.2 Å². The molecule has 4 nitrogen and oxygen atoms in total. The zero-order valence-electron chi connectivity index (χ0n) is 11.8. The van der Waals surface area contributed by atoms with Crippen molar-refractivity contribution in [3.05, 3.63) is 0 Å². The van der Waals surface area contributed by atoms with Crippen molar-refractivity contribution in [3.8, 4) is 0 Å². The van der Waals surface area contributed by atoms with Gasteiger partial charge in [-0.3, -0.25) is 0 Å². The lowest BCUT2D eigenvalue weighted by atomic mass is 9.94. The fourth-order valence-corrected chi connectivity index (χ4v) is 3.21. The van der Waals surface area contributed by atoms with E-state index in [4.69, 9.17) is 0 Å². The topological polar surface area (TPSA) is 35.6 Å². The molecule has 2 atom stereocenters. The van der Waals surface area contributed by atoms with Gasteiger partial charge >= 0.3 is 6.03 Å². The van der Waals surface area contributed by atoms with E-state index < -0.39 is 0 Å². The molecule has 2 aliphatic rings. The number of carbonyl (C=O) groups excluding carboxylic acids is 1. The molecule has 4 heteroatoms. The number of hydrogen-bond donors (Lipinski definition) is 1. The molecule has 0 aromatic heterocycles. The standard InChI is InChI=1S/C14H27N3O/c1-12-11-17(10-7-13(12)15-2)14(18)16-8-5-3-4-6-9-16/h12-13,15H,3-11H2,1-2H3. The fourth-order valence-electron chi connectivity index (χ4n) is 3.21. The Balaban J connectivity index is 1.89. The van der Waals surface area contributed by atoms with Gasteiger partial charge in [-0.15, -0.1) is 0 Å². The first-order valence-corrected chi connectivity index (χ1v) is 7.43. The molecule has 2 fully saturated rings. The summed E-state index contributed by atoms with van der Waals surface area (Å²) < 4.78 is 0. The number of urea groups is 1. The van der Waals surface area contributed by atoms with Crippen LogP contribution in [0, 0.1) is 5.92 Å². The molecule has 0 spiro atoms. The number of rotatable bonds is 1. The van der Waals surface area contributed by atoms with Crippen molar-refractivity contribution in [1.29, 1.82) is 0 Å². The molecule has 18 heavy (non-hydrogen) atoms. The minimum absolute atomic E-state index is 0.276. The summed E-state index contributed by atoms with van der Waals surface area (Å²) in [6.45, 7) is 5.97. The van der Waals surface area contributed by atoms with Gasteiger partial charge in [-0.2, -0.15) is 0 Å². The van der Waals surface area contributed by atoms with Crippen LogP contribution in [0.4, 0.5) is 4.79 Å². The molecule has 104 valence electrons. The first-order chi connectivity index (χ1) is 8.72. The van der Waals surface area contributed by atoms with Gasteiger partial charge in [-0.05, 0) is 32.2 Å². The highest BCUT2D eigenvalue weighted by Gasteiger charge is 2.30. The number of piperidine rings is 1. The predicted octanol–water partition coefficient (Wildman–Crippen LogP) is 1.91. The van der Waals surface area contributed by atoms with Crippen molar-refractivity contribution >= 4 is 6.03 Å². The maximum Gasteiger partial charge on any atom is 0.320 e. The van der Waals surface area contributed by atoms with E-state index in [1.54, 1.807) is 0 Å². The smallest absolute Gasteiger partial charge is 0.320 e. The average Bonchev–Trinajstić information content (AvgIpc) is 2.66. The van der Waals surface area contributed by atoms with Crippen LogP contribution in [0.5, 0.6) is 0 Å². The molecule has 0 bridgehead atoms. The lowest BCUT2D eigenvalue weighted by molar-refractivity contribution is 0.121. The van der Waals surface area contributed by atoms with Crippen LogP contribution in [0.3, 0.4) is 0 Å². The van der Waals surface area contributed by atoms with E-state index in [1.807, 2.05) is 7.05 Å². The Morgan fingerprint density at radius 1 is 1.06 bits per heavy atom. The molecule has 0 aromatic rings. The van der Waals surface area contributed by atoms with Crippen LogP contribution in [0.25, 0.3) is 0 Å². The maximum atomic E-state index is 12.5. The molecule has 2 saturated heterocycles. The zero-order valence-corrected chi connectivity index (χ0v) is 11.8. The summed E-state index contributed by atoms with van der Waals surface area (Å²) in [7, 11) is 2.02.